The highest BCUT2D eigenvalue weighted by atomic mass is 16.5. The number of likely N-dealkylation sites (N-methyl/N-ethyl adjacent to an activating group) is 1. The fourth-order valence-corrected chi connectivity index (χ4v) is 5.08. The summed E-state index contributed by atoms with van der Waals surface area (Å²) in [5, 5.41) is 13.4. The summed E-state index contributed by atoms with van der Waals surface area (Å²) in [6, 6.07) is 0.117. The molecule has 0 spiro atoms. The molecule has 0 aromatic rings. The van der Waals surface area contributed by atoms with Gasteiger partial charge in [-0.3, -0.25) is 4.99 Å². The first-order valence-electron chi connectivity index (χ1n) is 11.7. The zero-order valence-electron chi connectivity index (χ0n) is 19.4. The number of carbonyl (C=O) groups is 1. The number of nitrogens with one attached hydrogen (secondary N) is 1. The minimum atomic E-state index is -0.764. The van der Waals surface area contributed by atoms with Crippen molar-refractivity contribution in [1.29, 1.82) is 0 Å². The molecule has 4 rings (SSSR count). The maximum absolute atomic E-state index is 11.7. The summed E-state index contributed by atoms with van der Waals surface area (Å²) in [5.41, 5.74) is 1.65. The minimum absolute atomic E-state index is 0.0544. The molecule has 2 aliphatic carbocycles. The van der Waals surface area contributed by atoms with E-state index < -0.39 is 11.8 Å². The summed E-state index contributed by atoms with van der Waals surface area (Å²) in [4.78, 5) is 20.7. The monoisotopic (exact) mass is 448 g/mol. The van der Waals surface area contributed by atoms with Crippen LogP contribution in [0.2, 0.25) is 0 Å². The highest BCUT2D eigenvalue weighted by Gasteiger charge is 2.43. The Balaban J connectivity index is 1.51. The number of morpholine rings is 1. The highest BCUT2D eigenvalue weighted by Crippen LogP contribution is 2.42. The van der Waals surface area contributed by atoms with Crippen LogP contribution in [-0.4, -0.2) is 91.1 Å². The van der Waals surface area contributed by atoms with Gasteiger partial charge >= 0.3 is 6.09 Å². The lowest BCUT2D eigenvalue weighted by Gasteiger charge is -2.46. The van der Waals surface area contributed by atoms with Crippen molar-refractivity contribution >= 4 is 12.3 Å². The largest absolute Gasteiger partial charge is 0.488 e. The van der Waals surface area contributed by atoms with Crippen LogP contribution in [-0.2, 0) is 14.2 Å². The molecule has 2 heterocycles. The summed E-state index contributed by atoms with van der Waals surface area (Å²) in [5.74, 6) is 0.792. The number of aliphatic hydroxyl groups is 1. The zero-order chi connectivity index (χ0) is 22.7. The Morgan fingerprint density at radius 3 is 2.72 bits per heavy atom. The number of carbonyl (C=O) groups excluding carboxylic acids is 1. The molecule has 32 heavy (non-hydrogen) atoms. The standard InChI is InChI=1S/C23H36N4O5/c1-4-31-22(29)25-16-5-7-18(8-6-16)32-19-13-17(27-9-11-30-12-10-27)14-23(2)21(19)26(3)20(28)15-24-23/h13,15-16,18,20,28H,4-12,14H2,1-3H3,(H,25,29)/t16-,18+,20?,23?. The van der Waals surface area contributed by atoms with Crippen LogP contribution in [0.15, 0.2) is 28.2 Å². The second kappa shape index (κ2) is 9.70. The molecule has 1 amide bonds. The van der Waals surface area contributed by atoms with Gasteiger partial charge in [-0.1, -0.05) is 0 Å². The lowest BCUT2D eigenvalue weighted by molar-refractivity contribution is 0.0366. The quantitative estimate of drug-likeness (QED) is 0.664. The van der Waals surface area contributed by atoms with Crippen LogP contribution in [0.3, 0.4) is 0 Å². The number of aliphatic hydroxyl groups excluding tert-OH is 1. The molecule has 178 valence electrons. The first-order chi connectivity index (χ1) is 15.4. The van der Waals surface area contributed by atoms with Gasteiger partial charge in [-0.2, -0.15) is 0 Å². The fraction of sp³-hybridized carbons (Fsp3) is 0.739. The fourth-order valence-electron chi connectivity index (χ4n) is 5.08. The van der Waals surface area contributed by atoms with E-state index in [4.69, 9.17) is 19.2 Å². The number of rotatable bonds is 5. The SMILES string of the molecule is CCOC(=O)N[C@H]1CC[C@@H](OC2=C3N(C)C(O)C=NC3(C)CC(N3CCOCC3)=C2)CC1. The summed E-state index contributed by atoms with van der Waals surface area (Å²) in [7, 11) is 1.89. The Kier molecular flexibility index (Phi) is 6.95. The second-order valence-corrected chi connectivity index (χ2v) is 9.16. The summed E-state index contributed by atoms with van der Waals surface area (Å²) >= 11 is 0. The molecule has 0 radical (unpaired) electrons. The molecule has 2 atom stereocenters. The number of hydrogen-bond acceptors (Lipinski definition) is 8. The van der Waals surface area contributed by atoms with Crippen molar-refractivity contribution in [3.05, 3.63) is 23.2 Å². The van der Waals surface area contributed by atoms with Gasteiger partial charge < -0.3 is 34.4 Å². The number of allylic oxidation sites excluding steroid dienone is 1. The molecule has 1 saturated heterocycles. The number of amides is 1. The summed E-state index contributed by atoms with van der Waals surface area (Å²) < 4.78 is 17.1. The topological polar surface area (TPSA) is 95.9 Å². The van der Waals surface area contributed by atoms with E-state index in [-0.39, 0.29) is 18.2 Å². The van der Waals surface area contributed by atoms with E-state index in [1.165, 1.54) is 5.70 Å². The van der Waals surface area contributed by atoms with Gasteiger partial charge in [0.25, 0.3) is 0 Å². The van der Waals surface area contributed by atoms with Gasteiger partial charge in [-0.05, 0) is 39.5 Å². The van der Waals surface area contributed by atoms with Crippen molar-refractivity contribution < 1.29 is 24.1 Å². The molecule has 1 saturated carbocycles. The van der Waals surface area contributed by atoms with Crippen LogP contribution in [0.1, 0.15) is 46.0 Å². The first-order valence-corrected chi connectivity index (χ1v) is 11.7. The van der Waals surface area contributed by atoms with E-state index >= 15 is 0 Å². The molecule has 0 bridgehead atoms. The highest BCUT2D eigenvalue weighted by molar-refractivity contribution is 5.67. The number of aliphatic imine (C=N–C) groups is 1. The van der Waals surface area contributed by atoms with Crippen molar-refractivity contribution in [2.24, 2.45) is 4.99 Å². The van der Waals surface area contributed by atoms with Crippen LogP contribution in [0.4, 0.5) is 4.79 Å². The molecular weight excluding hydrogens is 412 g/mol. The maximum atomic E-state index is 11.7. The van der Waals surface area contributed by atoms with Crippen LogP contribution in [0.25, 0.3) is 0 Å². The van der Waals surface area contributed by atoms with Gasteiger partial charge in [-0.25, -0.2) is 4.79 Å². The van der Waals surface area contributed by atoms with E-state index in [0.29, 0.717) is 6.61 Å². The third kappa shape index (κ3) is 4.88. The molecule has 9 heteroatoms. The molecule has 4 aliphatic rings. The second-order valence-electron chi connectivity index (χ2n) is 9.16. The van der Waals surface area contributed by atoms with E-state index in [0.717, 1.165) is 69.9 Å². The van der Waals surface area contributed by atoms with Crippen molar-refractivity contribution in [2.45, 2.75) is 69.9 Å². The van der Waals surface area contributed by atoms with Gasteiger partial charge in [0, 0.05) is 50.6 Å². The Morgan fingerprint density at radius 2 is 2.03 bits per heavy atom. The average Bonchev–Trinajstić information content (AvgIpc) is 2.78. The van der Waals surface area contributed by atoms with Crippen LogP contribution < -0.4 is 5.32 Å². The molecule has 2 fully saturated rings. The predicted molar refractivity (Wildman–Crippen MR) is 120 cm³/mol. The number of fused-ring (bicyclic) bond motifs is 1. The smallest absolute Gasteiger partial charge is 0.407 e. The number of alkyl carbamates (subject to hydrolysis) is 1. The lowest BCUT2D eigenvalue weighted by Crippen LogP contribution is -2.50. The van der Waals surface area contributed by atoms with Gasteiger partial charge in [-0.15, -0.1) is 0 Å². The third-order valence-electron chi connectivity index (χ3n) is 6.79. The van der Waals surface area contributed by atoms with E-state index in [1.807, 2.05) is 11.9 Å². The van der Waals surface area contributed by atoms with Gasteiger partial charge in [0.05, 0.1) is 31.6 Å². The molecule has 2 aliphatic heterocycles. The van der Waals surface area contributed by atoms with Crippen molar-refractivity contribution in [1.82, 2.24) is 15.1 Å². The Bertz CT molecular complexity index is 783. The van der Waals surface area contributed by atoms with Gasteiger partial charge in [0.2, 0.25) is 0 Å². The summed E-state index contributed by atoms with van der Waals surface area (Å²) in [6.45, 7) is 7.45. The third-order valence-corrected chi connectivity index (χ3v) is 6.79. The van der Waals surface area contributed by atoms with E-state index in [1.54, 1.807) is 13.1 Å². The Labute approximate surface area is 190 Å². The van der Waals surface area contributed by atoms with E-state index in [9.17, 15) is 9.90 Å². The normalized spacial score (nSPS) is 32.9. The van der Waals surface area contributed by atoms with Crippen molar-refractivity contribution in [3.8, 4) is 0 Å². The van der Waals surface area contributed by atoms with Crippen LogP contribution >= 0.6 is 0 Å². The predicted octanol–water partition coefficient (Wildman–Crippen LogP) is 1.98. The zero-order valence-corrected chi connectivity index (χ0v) is 19.4. The number of nitrogens with zero attached hydrogens (tertiary/aromatic N) is 3. The number of ether oxygens (including phenoxy) is 3. The first kappa shape index (κ1) is 22.9. The maximum Gasteiger partial charge on any atom is 0.407 e. The van der Waals surface area contributed by atoms with Gasteiger partial charge in [0.1, 0.15) is 11.3 Å². The molecule has 0 aromatic heterocycles. The molecule has 2 unspecified atom stereocenters. The lowest BCUT2D eigenvalue weighted by atomic mass is 9.84. The molecule has 9 nitrogen and oxygen atoms in total. The van der Waals surface area contributed by atoms with Crippen LogP contribution in [0, 0.1) is 0 Å². The molecule has 0 aromatic carbocycles. The van der Waals surface area contributed by atoms with E-state index in [2.05, 4.69) is 23.2 Å². The minimum Gasteiger partial charge on any atom is -0.488 e. The number of hydrogen-bond donors (Lipinski definition) is 2. The average molecular weight is 449 g/mol. The molecule has 2 N–H and O–H groups in total. The van der Waals surface area contributed by atoms with Crippen molar-refractivity contribution in [2.75, 3.05) is 40.0 Å². The molecular formula is C23H36N4O5. The van der Waals surface area contributed by atoms with Crippen molar-refractivity contribution in [3.63, 3.8) is 0 Å². The Hall–Kier alpha value is -2.26. The van der Waals surface area contributed by atoms with Crippen LogP contribution in [0.5, 0.6) is 0 Å². The Morgan fingerprint density at radius 1 is 1.31 bits per heavy atom. The van der Waals surface area contributed by atoms with Gasteiger partial charge in [0.15, 0.2) is 6.23 Å². The summed E-state index contributed by atoms with van der Waals surface area (Å²) in [6.07, 6.45) is 6.85.